The predicted molar refractivity (Wildman–Crippen MR) is 83.0 cm³/mol. The van der Waals surface area contributed by atoms with E-state index in [4.69, 9.17) is 0 Å². The Kier molecular flexibility index (Phi) is 3.53. The van der Waals surface area contributed by atoms with Crippen molar-refractivity contribution in [1.29, 1.82) is 0 Å². The molecule has 2 fully saturated rings. The lowest BCUT2D eigenvalue weighted by Gasteiger charge is -2.34. The topological polar surface area (TPSA) is 15.3 Å². The molecule has 2 nitrogen and oxygen atoms in total. The molecule has 1 aromatic carbocycles. The summed E-state index contributed by atoms with van der Waals surface area (Å²) in [5.41, 5.74) is 3.20. The van der Waals surface area contributed by atoms with Gasteiger partial charge < -0.3 is 5.32 Å². The Morgan fingerprint density at radius 3 is 2.35 bits per heavy atom. The second-order valence-electron chi connectivity index (χ2n) is 6.97. The van der Waals surface area contributed by atoms with Crippen molar-refractivity contribution in [3.05, 3.63) is 35.4 Å². The summed E-state index contributed by atoms with van der Waals surface area (Å²) in [6.45, 7) is 3.80. The second kappa shape index (κ2) is 5.50. The number of nitrogens with one attached hydrogen (secondary N) is 1. The molecule has 1 saturated heterocycles. The van der Waals surface area contributed by atoms with Crippen LogP contribution in [-0.4, -0.2) is 36.6 Å². The van der Waals surface area contributed by atoms with Crippen molar-refractivity contribution in [2.75, 3.05) is 19.6 Å². The van der Waals surface area contributed by atoms with Crippen LogP contribution in [-0.2, 0) is 12.8 Å². The Morgan fingerprint density at radius 2 is 1.75 bits per heavy atom. The fourth-order valence-electron chi connectivity index (χ4n) is 4.15. The maximum atomic E-state index is 3.58. The molecule has 1 heterocycles. The van der Waals surface area contributed by atoms with Crippen LogP contribution >= 0.6 is 0 Å². The molecular formula is C18H26N2. The number of fused-ring (bicyclic) bond motifs is 1. The number of hydrogen-bond donors (Lipinski definition) is 1. The molecule has 0 aromatic heterocycles. The summed E-state index contributed by atoms with van der Waals surface area (Å²) in [7, 11) is 0. The minimum absolute atomic E-state index is 0.779. The molecule has 0 bridgehead atoms. The lowest BCUT2D eigenvalue weighted by atomic mass is 9.98. The fraction of sp³-hybridized carbons (Fsp3) is 0.667. The lowest BCUT2D eigenvalue weighted by Crippen LogP contribution is -2.44. The molecule has 20 heavy (non-hydrogen) atoms. The van der Waals surface area contributed by atoms with E-state index in [9.17, 15) is 0 Å². The summed E-state index contributed by atoms with van der Waals surface area (Å²) in [6.07, 6.45) is 8.24. The SMILES string of the molecule is c1ccc2c(c1)CC(N(CC1CCCNC1)C1CC1)C2. The van der Waals surface area contributed by atoms with Crippen molar-refractivity contribution >= 4 is 0 Å². The average molecular weight is 270 g/mol. The lowest BCUT2D eigenvalue weighted by molar-refractivity contribution is 0.148. The van der Waals surface area contributed by atoms with Crippen LogP contribution < -0.4 is 5.32 Å². The van der Waals surface area contributed by atoms with Crippen LogP contribution in [0.3, 0.4) is 0 Å². The Labute approximate surface area is 122 Å². The number of rotatable bonds is 4. The van der Waals surface area contributed by atoms with Gasteiger partial charge in [0.25, 0.3) is 0 Å². The van der Waals surface area contributed by atoms with Crippen molar-refractivity contribution in [3.63, 3.8) is 0 Å². The molecule has 0 amide bonds. The summed E-state index contributed by atoms with van der Waals surface area (Å²) < 4.78 is 0. The zero-order valence-corrected chi connectivity index (χ0v) is 12.4. The van der Waals surface area contributed by atoms with Crippen molar-refractivity contribution in [2.24, 2.45) is 5.92 Å². The zero-order valence-electron chi connectivity index (χ0n) is 12.4. The first kappa shape index (κ1) is 12.8. The van der Waals surface area contributed by atoms with E-state index in [1.54, 1.807) is 11.1 Å². The van der Waals surface area contributed by atoms with Gasteiger partial charge >= 0.3 is 0 Å². The Hall–Kier alpha value is -0.860. The summed E-state index contributed by atoms with van der Waals surface area (Å²) in [5.74, 6) is 0.882. The first-order chi connectivity index (χ1) is 9.90. The Morgan fingerprint density at radius 1 is 1.00 bits per heavy atom. The first-order valence-electron chi connectivity index (χ1n) is 8.43. The van der Waals surface area contributed by atoms with E-state index in [0.717, 1.165) is 18.0 Å². The van der Waals surface area contributed by atoms with Crippen LogP contribution in [0.15, 0.2) is 24.3 Å². The van der Waals surface area contributed by atoms with Gasteiger partial charge in [0.05, 0.1) is 0 Å². The van der Waals surface area contributed by atoms with E-state index in [1.165, 1.54) is 58.2 Å². The molecule has 1 N–H and O–H groups in total. The van der Waals surface area contributed by atoms with E-state index >= 15 is 0 Å². The molecule has 1 aromatic rings. The number of hydrogen-bond acceptors (Lipinski definition) is 2. The summed E-state index contributed by atoms with van der Waals surface area (Å²) in [4.78, 5) is 2.87. The standard InChI is InChI=1S/C18H26N2/c1-2-6-16-11-18(10-15(16)5-1)20(17-7-8-17)13-14-4-3-9-19-12-14/h1-2,5-6,14,17-19H,3-4,7-13H2. The molecule has 1 unspecified atom stereocenters. The normalized spacial score (nSPS) is 26.9. The van der Waals surface area contributed by atoms with E-state index in [2.05, 4.69) is 34.5 Å². The Balaban J connectivity index is 1.44. The number of piperidine rings is 1. The minimum atomic E-state index is 0.779. The molecule has 1 saturated carbocycles. The molecule has 2 aliphatic carbocycles. The van der Waals surface area contributed by atoms with Gasteiger partial charge in [-0.05, 0) is 68.7 Å². The van der Waals surface area contributed by atoms with Crippen LogP contribution in [0.4, 0.5) is 0 Å². The van der Waals surface area contributed by atoms with E-state index in [-0.39, 0.29) is 0 Å². The molecule has 0 spiro atoms. The molecule has 1 atom stereocenters. The molecule has 4 rings (SSSR count). The third-order valence-electron chi connectivity index (χ3n) is 5.38. The van der Waals surface area contributed by atoms with Gasteiger partial charge in [-0.3, -0.25) is 4.90 Å². The molecule has 2 heteroatoms. The summed E-state index contributed by atoms with van der Waals surface area (Å²) >= 11 is 0. The molecule has 1 aliphatic heterocycles. The van der Waals surface area contributed by atoms with Gasteiger partial charge in [0.1, 0.15) is 0 Å². The molecule has 3 aliphatic rings. The highest BCUT2D eigenvalue weighted by Crippen LogP contribution is 2.35. The maximum Gasteiger partial charge on any atom is 0.0179 e. The van der Waals surface area contributed by atoms with Crippen molar-refractivity contribution in [2.45, 2.75) is 50.6 Å². The van der Waals surface area contributed by atoms with E-state index in [0.29, 0.717) is 0 Å². The highest BCUT2D eigenvalue weighted by atomic mass is 15.2. The fourth-order valence-corrected chi connectivity index (χ4v) is 4.15. The maximum absolute atomic E-state index is 3.58. The highest BCUT2D eigenvalue weighted by molar-refractivity contribution is 5.33. The van der Waals surface area contributed by atoms with Gasteiger partial charge in [-0.25, -0.2) is 0 Å². The van der Waals surface area contributed by atoms with E-state index in [1.807, 2.05) is 0 Å². The van der Waals surface area contributed by atoms with Crippen LogP contribution in [0.2, 0.25) is 0 Å². The second-order valence-corrected chi connectivity index (χ2v) is 6.97. The predicted octanol–water partition coefficient (Wildman–Crippen LogP) is 2.62. The minimum Gasteiger partial charge on any atom is -0.316 e. The summed E-state index contributed by atoms with van der Waals surface area (Å²) in [6, 6.07) is 10.8. The smallest absolute Gasteiger partial charge is 0.0179 e. The van der Waals surface area contributed by atoms with Gasteiger partial charge in [0.15, 0.2) is 0 Å². The largest absolute Gasteiger partial charge is 0.316 e. The van der Waals surface area contributed by atoms with Crippen LogP contribution in [0.1, 0.15) is 36.8 Å². The van der Waals surface area contributed by atoms with Crippen molar-refractivity contribution < 1.29 is 0 Å². The first-order valence-corrected chi connectivity index (χ1v) is 8.43. The van der Waals surface area contributed by atoms with Gasteiger partial charge in [0, 0.05) is 18.6 Å². The average Bonchev–Trinajstić information content (AvgIpc) is 3.24. The monoisotopic (exact) mass is 270 g/mol. The third-order valence-corrected chi connectivity index (χ3v) is 5.38. The Bertz CT molecular complexity index is 435. The highest BCUT2D eigenvalue weighted by Gasteiger charge is 2.37. The van der Waals surface area contributed by atoms with Crippen molar-refractivity contribution in [1.82, 2.24) is 10.2 Å². The van der Waals surface area contributed by atoms with Gasteiger partial charge in [0.2, 0.25) is 0 Å². The van der Waals surface area contributed by atoms with E-state index < -0.39 is 0 Å². The van der Waals surface area contributed by atoms with Crippen LogP contribution in [0.5, 0.6) is 0 Å². The third kappa shape index (κ3) is 2.64. The molecular weight excluding hydrogens is 244 g/mol. The zero-order chi connectivity index (χ0) is 13.4. The number of nitrogens with zero attached hydrogens (tertiary/aromatic N) is 1. The van der Waals surface area contributed by atoms with Crippen LogP contribution in [0, 0.1) is 5.92 Å². The van der Waals surface area contributed by atoms with Gasteiger partial charge in [-0.2, -0.15) is 0 Å². The molecule has 108 valence electrons. The van der Waals surface area contributed by atoms with Crippen LogP contribution in [0.25, 0.3) is 0 Å². The molecule has 0 radical (unpaired) electrons. The van der Waals surface area contributed by atoms with Gasteiger partial charge in [-0.15, -0.1) is 0 Å². The van der Waals surface area contributed by atoms with Crippen molar-refractivity contribution in [3.8, 4) is 0 Å². The summed E-state index contributed by atoms with van der Waals surface area (Å²) in [5, 5.41) is 3.58. The number of benzene rings is 1. The quantitative estimate of drug-likeness (QED) is 0.905. The van der Waals surface area contributed by atoms with Gasteiger partial charge in [-0.1, -0.05) is 24.3 Å².